The van der Waals surface area contributed by atoms with Gasteiger partial charge in [-0.15, -0.1) is 0 Å². The molecule has 1 aromatic rings. The normalized spacial score (nSPS) is 21.4. The molecule has 1 aromatic carbocycles. The van der Waals surface area contributed by atoms with Crippen molar-refractivity contribution in [3.05, 3.63) is 40.9 Å². The average Bonchev–Trinajstić information content (AvgIpc) is 2.12. The lowest BCUT2D eigenvalue weighted by atomic mass is 9.95. The Labute approximate surface area is 83.0 Å². The third-order valence-corrected chi connectivity index (χ3v) is 2.58. The van der Waals surface area contributed by atoms with Gasteiger partial charge in [-0.2, -0.15) is 0 Å². The summed E-state index contributed by atoms with van der Waals surface area (Å²) in [5.74, 6) is 0. The average molecular weight is 195 g/mol. The number of ether oxygens (including phenoxy) is 1. The number of hydrogen-bond donors (Lipinski definition) is 0. The van der Waals surface area contributed by atoms with E-state index in [0.717, 1.165) is 16.2 Å². The zero-order valence-corrected chi connectivity index (χ0v) is 8.27. The number of benzene rings is 1. The number of halogens is 1. The Morgan fingerprint density at radius 2 is 2.31 bits per heavy atom. The summed E-state index contributed by atoms with van der Waals surface area (Å²) in [6, 6.07) is 5.85. The fourth-order valence-corrected chi connectivity index (χ4v) is 1.75. The second-order valence-corrected chi connectivity index (χ2v) is 3.72. The van der Waals surface area contributed by atoms with Gasteiger partial charge in [0, 0.05) is 5.02 Å². The van der Waals surface area contributed by atoms with E-state index in [9.17, 15) is 0 Å². The number of fused-ring (bicyclic) bond motifs is 1. The van der Waals surface area contributed by atoms with Crippen LogP contribution >= 0.6 is 11.6 Å². The molecule has 1 unspecified atom stereocenters. The highest BCUT2D eigenvalue weighted by molar-refractivity contribution is 6.30. The Kier molecular flexibility index (Phi) is 2.14. The lowest BCUT2D eigenvalue weighted by molar-refractivity contribution is 0.0859. The Morgan fingerprint density at radius 1 is 1.54 bits per heavy atom. The van der Waals surface area contributed by atoms with E-state index in [4.69, 9.17) is 16.3 Å². The van der Waals surface area contributed by atoms with Crippen LogP contribution in [0.1, 0.15) is 24.2 Å². The van der Waals surface area contributed by atoms with Crippen molar-refractivity contribution in [1.82, 2.24) is 0 Å². The highest BCUT2D eigenvalue weighted by Gasteiger charge is 2.18. The first kappa shape index (κ1) is 8.79. The van der Waals surface area contributed by atoms with E-state index >= 15 is 0 Å². The Hall–Kier alpha value is -0.790. The number of rotatable bonds is 0. The predicted octanol–water partition coefficient (Wildman–Crippen LogP) is 3.44. The molecule has 2 heteroatoms. The second kappa shape index (κ2) is 3.17. The van der Waals surface area contributed by atoms with E-state index in [1.54, 1.807) is 0 Å². The zero-order chi connectivity index (χ0) is 9.42. The highest BCUT2D eigenvalue weighted by atomic mass is 35.5. The molecule has 1 atom stereocenters. The van der Waals surface area contributed by atoms with Gasteiger partial charge in [-0.25, -0.2) is 0 Å². The molecular formula is C11H11ClO. The van der Waals surface area contributed by atoms with Crippen molar-refractivity contribution in [3.63, 3.8) is 0 Å². The van der Waals surface area contributed by atoms with E-state index in [-0.39, 0.29) is 6.10 Å². The lowest BCUT2D eigenvalue weighted by Crippen LogP contribution is -2.12. The molecule has 13 heavy (non-hydrogen) atoms. The molecule has 0 bridgehead atoms. The summed E-state index contributed by atoms with van der Waals surface area (Å²) in [6.07, 6.45) is 0.151. The van der Waals surface area contributed by atoms with Gasteiger partial charge >= 0.3 is 0 Å². The summed E-state index contributed by atoms with van der Waals surface area (Å²) in [7, 11) is 0. The molecule has 0 aliphatic carbocycles. The van der Waals surface area contributed by atoms with E-state index < -0.39 is 0 Å². The topological polar surface area (TPSA) is 9.23 Å². The van der Waals surface area contributed by atoms with Gasteiger partial charge in [-0.3, -0.25) is 0 Å². The van der Waals surface area contributed by atoms with Crippen molar-refractivity contribution in [2.75, 3.05) is 6.61 Å². The standard InChI is InChI=1S/C11H11ClO/c1-7-6-13-8(2)10-4-3-9(12)5-11(7)10/h3-5,8H,1,6H2,2H3. The predicted molar refractivity (Wildman–Crippen MR) is 54.9 cm³/mol. The van der Waals surface area contributed by atoms with Gasteiger partial charge in [0.2, 0.25) is 0 Å². The first-order valence-electron chi connectivity index (χ1n) is 4.27. The second-order valence-electron chi connectivity index (χ2n) is 3.29. The van der Waals surface area contributed by atoms with Crippen LogP contribution in [0.3, 0.4) is 0 Å². The van der Waals surface area contributed by atoms with Crippen LogP contribution < -0.4 is 0 Å². The van der Waals surface area contributed by atoms with Crippen molar-refractivity contribution < 1.29 is 4.74 Å². The first-order chi connectivity index (χ1) is 6.18. The summed E-state index contributed by atoms with van der Waals surface area (Å²) < 4.78 is 5.51. The molecule has 0 spiro atoms. The van der Waals surface area contributed by atoms with Gasteiger partial charge in [-0.05, 0) is 35.8 Å². The van der Waals surface area contributed by atoms with E-state index in [0.29, 0.717) is 6.61 Å². The highest BCUT2D eigenvalue weighted by Crippen LogP contribution is 2.33. The molecule has 0 radical (unpaired) electrons. The van der Waals surface area contributed by atoms with Crippen LogP contribution in [0.25, 0.3) is 5.57 Å². The van der Waals surface area contributed by atoms with Crippen molar-refractivity contribution in [2.24, 2.45) is 0 Å². The van der Waals surface area contributed by atoms with Gasteiger partial charge in [0.25, 0.3) is 0 Å². The van der Waals surface area contributed by atoms with E-state index in [2.05, 4.69) is 6.58 Å². The summed E-state index contributed by atoms with van der Waals surface area (Å²) in [6.45, 7) is 6.59. The maximum Gasteiger partial charge on any atom is 0.0807 e. The minimum Gasteiger partial charge on any atom is -0.369 e. The molecule has 0 amide bonds. The fourth-order valence-electron chi connectivity index (χ4n) is 1.58. The summed E-state index contributed by atoms with van der Waals surface area (Å²) in [4.78, 5) is 0. The smallest absolute Gasteiger partial charge is 0.0807 e. The number of hydrogen-bond acceptors (Lipinski definition) is 1. The third-order valence-electron chi connectivity index (χ3n) is 2.34. The first-order valence-corrected chi connectivity index (χ1v) is 4.65. The quantitative estimate of drug-likeness (QED) is 0.615. The van der Waals surface area contributed by atoms with Crippen molar-refractivity contribution >= 4 is 17.2 Å². The molecule has 0 saturated carbocycles. The summed E-state index contributed by atoms with van der Waals surface area (Å²) in [5.41, 5.74) is 3.34. The van der Waals surface area contributed by atoms with Crippen LogP contribution in [0, 0.1) is 0 Å². The summed E-state index contributed by atoms with van der Waals surface area (Å²) in [5, 5.41) is 0.758. The van der Waals surface area contributed by atoms with Crippen LogP contribution in [0.2, 0.25) is 5.02 Å². The van der Waals surface area contributed by atoms with Crippen molar-refractivity contribution in [3.8, 4) is 0 Å². The minimum absolute atomic E-state index is 0.151. The molecule has 0 saturated heterocycles. The molecule has 1 aliphatic rings. The fraction of sp³-hybridized carbons (Fsp3) is 0.273. The molecule has 2 rings (SSSR count). The van der Waals surface area contributed by atoms with Gasteiger partial charge in [-0.1, -0.05) is 24.2 Å². The van der Waals surface area contributed by atoms with E-state index in [1.807, 2.05) is 25.1 Å². The van der Waals surface area contributed by atoms with Crippen LogP contribution in [0.4, 0.5) is 0 Å². The molecule has 0 fully saturated rings. The Bertz CT molecular complexity index is 357. The molecule has 0 aromatic heterocycles. The molecule has 0 N–H and O–H groups in total. The molecule has 1 nitrogen and oxygen atoms in total. The van der Waals surface area contributed by atoms with Gasteiger partial charge < -0.3 is 4.74 Å². The Balaban J connectivity index is 2.57. The molecule has 1 aliphatic heterocycles. The van der Waals surface area contributed by atoms with Crippen molar-refractivity contribution in [1.29, 1.82) is 0 Å². The molecular weight excluding hydrogens is 184 g/mol. The molecule has 68 valence electrons. The van der Waals surface area contributed by atoms with Gasteiger partial charge in [0.15, 0.2) is 0 Å². The third kappa shape index (κ3) is 1.50. The monoisotopic (exact) mass is 194 g/mol. The SMILES string of the molecule is C=C1COC(C)c2ccc(Cl)cc21. The van der Waals surface area contributed by atoms with Crippen LogP contribution in [-0.2, 0) is 4.74 Å². The van der Waals surface area contributed by atoms with Gasteiger partial charge in [0.05, 0.1) is 12.7 Å². The molecule has 1 heterocycles. The maximum absolute atomic E-state index is 5.91. The summed E-state index contributed by atoms with van der Waals surface area (Å²) >= 11 is 5.91. The maximum atomic E-state index is 5.91. The lowest BCUT2D eigenvalue weighted by Gasteiger charge is -2.24. The minimum atomic E-state index is 0.151. The van der Waals surface area contributed by atoms with Crippen LogP contribution in [0.15, 0.2) is 24.8 Å². The van der Waals surface area contributed by atoms with Gasteiger partial charge in [0.1, 0.15) is 0 Å². The van der Waals surface area contributed by atoms with Crippen molar-refractivity contribution in [2.45, 2.75) is 13.0 Å². The Morgan fingerprint density at radius 3 is 3.08 bits per heavy atom. The zero-order valence-electron chi connectivity index (χ0n) is 7.51. The van der Waals surface area contributed by atoms with E-state index in [1.165, 1.54) is 5.56 Å². The largest absolute Gasteiger partial charge is 0.369 e. The van der Waals surface area contributed by atoms with Crippen LogP contribution in [0.5, 0.6) is 0 Å². The van der Waals surface area contributed by atoms with Crippen LogP contribution in [-0.4, -0.2) is 6.61 Å².